The number of para-hydroxylation sites is 1. The lowest BCUT2D eigenvalue weighted by atomic mass is 10.2. The molecule has 0 radical (unpaired) electrons. The van der Waals surface area contributed by atoms with Crippen molar-refractivity contribution in [3.63, 3.8) is 0 Å². The standard InChI is InChI=1S/C14H11Cl2NO4S2/c1-22-12-5-3-2-4-11(12)17-23(20,21)13-6-8(14(18)19)9(15)7-10(13)16/h2-7,17H,1H3,(H,18,19). The normalized spacial score (nSPS) is 11.3. The number of nitrogens with one attached hydrogen (secondary N) is 1. The number of hydrogen-bond acceptors (Lipinski definition) is 4. The second kappa shape index (κ2) is 7.00. The van der Waals surface area contributed by atoms with Crippen molar-refractivity contribution >= 4 is 56.6 Å². The third kappa shape index (κ3) is 3.92. The van der Waals surface area contributed by atoms with Crippen LogP contribution in [0.2, 0.25) is 10.0 Å². The maximum absolute atomic E-state index is 12.5. The van der Waals surface area contributed by atoms with Crippen LogP contribution in [0, 0.1) is 0 Å². The number of carbonyl (C=O) groups is 1. The topological polar surface area (TPSA) is 83.5 Å². The first-order chi connectivity index (χ1) is 10.8. The van der Waals surface area contributed by atoms with Crippen molar-refractivity contribution in [2.24, 2.45) is 0 Å². The van der Waals surface area contributed by atoms with Crippen LogP contribution in [0.15, 0.2) is 46.2 Å². The molecule has 23 heavy (non-hydrogen) atoms. The van der Waals surface area contributed by atoms with Crippen LogP contribution in [0.25, 0.3) is 0 Å². The fourth-order valence-corrected chi connectivity index (χ4v) is 4.38. The molecule has 0 aliphatic heterocycles. The van der Waals surface area contributed by atoms with Crippen LogP contribution in [0.1, 0.15) is 10.4 Å². The van der Waals surface area contributed by atoms with Crippen LogP contribution in [-0.2, 0) is 10.0 Å². The zero-order valence-electron chi connectivity index (χ0n) is 11.7. The largest absolute Gasteiger partial charge is 0.478 e. The Labute approximate surface area is 147 Å². The molecule has 0 amide bonds. The Morgan fingerprint density at radius 3 is 2.43 bits per heavy atom. The molecule has 2 aromatic carbocycles. The van der Waals surface area contributed by atoms with E-state index in [4.69, 9.17) is 28.3 Å². The molecule has 2 aromatic rings. The summed E-state index contributed by atoms with van der Waals surface area (Å²) in [4.78, 5) is 11.5. The molecular weight excluding hydrogens is 381 g/mol. The number of hydrogen-bond donors (Lipinski definition) is 2. The van der Waals surface area contributed by atoms with Crippen LogP contribution in [0.3, 0.4) is 0 Å². The molecule has 5 nitrogen and oxygen atoms in total. The van der Waals surface area contributed by atoms with E-state index >= 15 is 0 Å². The van der Waals surface area contributed by atoms with Crippen molar-refractivity contribution in [1.29, 1.82) is 0 Å². The lowest BCUT2D eigenvalue weighted by Crippen LogP contribution is -2.15. The van der Waals surface area contributed by atoms with Gasteiger partial charge in [-0.2, -0.15) is 0 Å². The maximum Gasteiger partial charge on any atom is 0.337 e. The number of carboxylic acid groups (broad SMARTS) is 1. The quantitative estimate of drug-likeness (QED) is 0.745. The van der Waals surface area contributed by atoms with Gasteiger partial charge in [-0.25, -0.2) is 13.2 Å². The number of anilines is 1. The Kier molecular flexibility index (Phi) is 5.46. The van der Waals surface area contributed by atoms with E-state index in [-0.39, 0.29) is 20.5 Å². The summed E-state index contributed by atoms with van der Waals surface area (Å²) in [6.07, 6.45) is 1.81. The highest BCUT2D eigenvalue weighted by Crippen LogP contribution is 2.32. The van der Waals surface area contributed by atoms with Crippen LogP contribution in [0.4, 0.5) is 5.69 Å². The fraction of sp³-hybridized carbons (Fsp3) is 0.0714. The molecule has 2 N–H and O–H groups in total. The van der Waals surface area contributed by atoms with E-state index in [0.717, 1.165) is 17.0 Å². The van der Waals surface area contributed by atoms with Gasteiger partial charge >= 0.3 is 5.97 Å². The second-order valence-electron chi connectivity index (χ2n) is 4.37. The van der Waals surface area contributed by atoms with Gasteiger partial charge in [-0.05, 0) is 30.5 Å². The molecule has 0 unspecified atom stereocenters. The van der Waals surface area contributed by atoms with Gasteiger partial charge in [0.2, 0.25) is 0 Å². The second-order valence-corrected chi connectivity index (χ2v) is 7.69. The highest BCUT2D eigenvalue weighted by Gasteiger charge is 2.23. The van der Waals surface area contributed by atoms with Crippen molar-refractivity contribution in [3.8, 4) is 0 Å². The average Bonchev–Trinajstić information content (AvgIpc) is 2.46. The lowest BCUT2D eigenvalue weighted by molar-refractivity contribution is 0.0697. The SMILES string of the molecule is CSc1ccccc1NS(=O)(=O)c1cc(C(=O)O)c(Cl)cc1Cl. The number of rotatable bonds is 5. The first-order valence-corrected chi connectivity index (χ1v) is 9.61. The third-order valence-corrected chi connectivity index (χ3v) is 5.83. The molecule has 0 saturated heterocycles. The van der Waals surface area contributed by atoms with Crippen LogP contribution in [-0.4, -0.2) is 25.7 Å². The smallest absolute Gasteiger partial charge is 0.337 e. The van der Waals surface area contributed by atoms with Crippen LogP contribution in [0.5, 0.6) is 0 Å². The highest BCUT2D eigenvalue weighted by atomic mass is 35.5. The van der Waals surface area contributed by atoms with E-state index in [1.54, 1.807) is 24.3 Å². The molecule has 122 valence electrons. The molecule has 0 aliphatic carbocycles. The fourth-order valence-electron chi connectivity index (χ4n) is 1.83. The molecule has 2 rings (SSSR count). The van der Waals surface area contributed by atoms with Gasteiger partial charge in [-0.15, -0.1) is 11.8 Å². The number of carboxylic acids is 1. The van der Waals surface area contributed by atoms with Gasteiger partial charge in [-0.3, -0.25) is 4.72 Å². The molecule has 0 bridgehead atoms. The number of aromatic carboxylic acids is 1. The Morgan fingerprint density at radius 2 is 1.83 bits per heavy atom. The summed E-state index contributed by atoms with van der Waals surface area (Å²) in [7, 11) is -4.07. The zero-order chi connectivity index (χ0) is 17.2. The minimum Gasteiger partial charge on any atom is -0.478 e. The first-order valence-electron chi connectivity index (χ1n) is 6.14. The zero-order valence-corrected chi connectivity index (χ0v) is 14.9. The predicted octanol–water partition coefficient (Wildman–Crippen LogP) is 4.21. The molecule has 0 heterocycles. The molecule has 0 aromatic heterocycles. The molecule has 0 atom stereocenters. The molecule has 9 heteroatoms. The van der Waals surface area contributed by atoms with E-state index in [0.29, 0.717) is 5.69 Å². The lowest BCUT2D eigenvalue weighted by Gasteiger charge is -2.13. The van der Waals surface area contributed by atoms with Crippen molar-refractivity contribution < 1.29 is 18.3 Å². The van der Waals surface area contributed by atoms with Gasteiger partial charge in [0.25, 0.3) is 10.0 Å². The maximum atomic E-state index is 12.5. The van der Waals surface area contributed by atoms with Crippen molar-refractivity contribution in [2.75, 3.05) is 11.0 Å². The van der Waals surface area contributed by atoms with Gasteiger partial charge in [0.15, 0.2) is 0 Å². The average molecular weight is 392 g/mol. The summed E-state index contributed by atoms with van der Waals surface area (Å²) in [5.41, 5.74) is 0.0393. The molecular formula is C14H11Cl2NO4S2. The van der Waals surface area contributed by atoms with E-state index in [2.05, 4.69) is 4.72 Å². The van der Waals surface area contributed by atoms with Gasteiger partial charge < -0.3 is 5.11 Å². The minimum absolute atomic E-state index is 0.133. The summed E-state index contributed by atoms with van der Waals surface area (Å²) in [5, 5.41) is 8.78. The van der Waals surface area contributed by atoms with Crippen molar-refractivity contribution in [2.45, 2.75) is 9.79 Å². The van der Waals surface area contributed by atoms with E-state index in [1.807, 2.05) is 6.26 Å². The van der Waals surface area contributed by atoms with E-state index < -0.39 is 16.0 Å². The number of sulfonamides is 1. The van der Waals surface area contributed by atoms with E-state index in [9.17, 15) is 13.2 Å². The summed E-state index contributed by atoms with van der Waals surface area (Å²) in [6.45, 7) is 0. The molecule has 0 fully saturated rings. The molecule has 0 spiro atoms. The monoisotopic (exact) mass is 391 g/mol. The van der Waals surface area contributed by atoms with Crippen LogP contribution < -0.4 is 4.72 Å². The van der Waals surface area contributed by atoms with Gasteiger partial charge in [0, 0.05) is 4.90 Å². The summed E-state index contributed by atoms with van der Waals surface area (Å²) in [6, 6.07) is 8.86. The van der Waals surface area contributed by atoms with Gasteiger partial charge in [0.05, 0.1) is 21.3 Å². The van der Waals surface area contributed by atoms with Crippen molar-refractivity contribution in [1.82, 2.24) is 0 Å². The Morgan fingerprint density at radius 1 is 1.17 bits per heavy atom. The van der Waals surface area contributed by atoms with E-state index in [1.165, 1.54) is 11.8 Å². The third-order valence-electron chi connectivity index (χ3n) is 2.89. The van der Waals surface area contributed by atoms with Gasteiger partial charge in [0.1, 0.15) is 4.90 Å². The van der Waals surface area contributed by atoms with Crippen molar-refractivity contribution in [3.05, 3.63) is 52.0 Å². The number of halogens is 2. The summed E-state index contributed by atoms with van der Waals surface area (Å²) in [5.74, 6) is -1.34. The number of benzene rings is 2. The predicted molar refractivity (Wildman–Crippen MR) is 92.5 cm³/mol. The van der Waals surface area contributed by atoms with Crippen LogP contribution >= 0.6 is 35.0 Å². The summed E-state index contributed by atoms with van der Waals surface area (Å²) < 4.78 is 27.5. The minimum atomic E-state index is -4.07. The molecule has 0 saturated carbocycles. The highest BCUT2D eigenvalue weighted by molar-refractivity contribution is 7.99. The molecule has 0 aliphatic rings. The Balaban J connectivity index is 2.52. The number of thioether (sulfide) groups is 1. The Bertz CT molecular complexity index is 869. The Hall–Kier alpha value is -1.41. The van der Waals surface area contributed by atoms with Gasteiger partial charge in [-0.1, -0.05) is 35.3 Å². The summed E-state index contributed by atoms with van der Waals surface area (Å²) >= 11 is 13.1. The first kappa shape index (κ1) is 17.9.